The maximum Gasteiger partial charge on any atom is 0.269 e. The Morgan fingerprint density at radius 2 is 1.33 bits per heavy atom. The third-order valence-electron chi connectivity index (χ3n) is 8.41. The molecule has 12 heteroatoms. The van der Waals surface area contributed by atoms with Crippen molar-refractivity contribution in [3.8, 4) is 47.4 Å². The number of carbonyl (C=O) groups is 3. The number of carbonyl (C=O) groups excluding carboxylic acids is 3. The predicted octanol–water partition coefficient (Wildman–Crippen LogP) is 3.03. The van der Waals surface area contributed by atoms with E-state index in [4.69, 9.17) is 20.8 Å². The van der Waals surface area contributed by atoms with E-state index in [0.29, 0.717) is 49.7 Å². The number of aliphatic hydroxyl groups excluding tert-OH is 1. The summed E-state index contributed by atoms with van der Waals surface area (Å²) >= 11 is 0. The lowest BCUT2D eigenvalue weighted by atomic mass is 9.83. The quantitative estimate of drug-likeness (QED) is 0.146. The van der Waals surface area contributed by atoms with Gasteiger partial charge in [0.1, 0.15) is 6.04 Å². The van der Waals surface area contributed by atoms with E-state index in [9.17, 15) is 28.3 Å². The number of hydroxylamine groups is 1. The van der Waals surface area contributed by atoms with Crippen LogP contribution in [0.15, 0.2) is 48.5 Å². The molecule has 2 aromatic carbocycles. The smallest absolute Gasteiger partial charge is 0.269 e. The molecule has 2 aliphatic rings. The van der Waals surface area contributed by atoms with Crippen LogP contribution in [0, 0.1) is 65.1 Å². The minimum absolute atomic E-state index is 0.0506. The largest absolute Gasteiger partial charge is 0.396 e. The molecule has 1 heterocycles. The molecule has 2 aromatic rings. The summed E-state index contributed by atoms with van der Waals surface area (Å²) in [4.78, 5) is 34.9. The molecule has 7 N–H and O–H groups in total. The average molecular weight is 702 g/mol. The number of rotatable bonds is 7. The van der Waals surface area contributed by atoms with Gasteiger partial charge in [-0.3, -0.25) is 19.6 Å². The number of nitrogens with one attached hydrogen (secondary N) is 2. The summed E-state index contributed by atoms with van der Waals surface area (Å²) in [5, 5.41) is 29.6. The number of ether oxygens (including phenoxy) is 1. The lowest BCUT2D eigenvalue weighted by molar-refractivity contribution is -0.149. The Labute approximate surface area is 296 Å². The van der Waals surface area contributed by atoms with Gasteiger partial charge in [0.05, 0.1) is 0 Å². The molecule has 4 rings (SSSR count). The molecule has 1 saturated heterocycles. The normalized spacial score (nSPS) is 18.4. The van der Waals surface area contributed by atoms with Gasteiger partial charge in [0.2, 0.25) is 5.91 Å². The molecule has 2 fully saturated rings. The van der Waals surface area contributed by atoms with Crippen LogP contribution in [0.5, 0.6) is 0 Å². The monoisotopic (exact) mass is 701 g/mol. The van der Waals surface area contributed by atoms with Crippen molar-refractivity contribution < 1.29 is 43.3 Å². The molecule has 10 nitrogen and oxygen atoms in total. The number of nitrogens with two attached hydrogens (primary N) is 1. The summed E-state index contributed by atoms with van der Waals surface area (Å²) < 4.78 is 31.3. The molecule has 0 radical (unpaired) electrons. The standard InChI is InChI=1S/C21H22F2N2O5.C18H19NO2/c1-21(28,20(22)23)17(19(27)25-29)24-18(26)16-8-6-14(7-9-16)4-2-3-5-15-10-12-30-13-11-15;19-18(21)17-11-9-15(10-12-17)4-2-1-3-14-5-7-16(13-20)8-6-14/h6-9,15,17,20,28-29H,10-13H2,1H3,(H,24,26)(H,25,27);9-12,14,16,20H,5-8,13H2,(H2,19,21). The molecule has 3 amide bonds. The van der Waals surface area contributed by atoms with Crippen LogP contribution in [0.1, 0.15) is 77.3 Å². The first-order valence-electron chi connectivity index (χ1n) is 16.4. The molecular formula is C39H41F2N3O7. The van der Waals surface area contributed by atoms with E-state index in [0.717, 1.165) is 49.6 Å². The molecule has 0 spiro atoms. The van der Waals surface area contributed by atoms with Gasteiger partial charge >= 0.3 is 0 Å². The van der Waals surface area contributed by atoms with Gasteiger partial charge in [-0.05, 0) is 124 Å². The van der Waals surface area contributed by atoms with E-state index >= 15 is 0 Å². The summed E-state index contributed by atoms with van der Waals surface area (Å²) in [5.41, 5.74) is 5.37. The molecule has 268 valence electrons. The molecule has 51 heavy (non-hydrogen) atoms. The van der Waals surface area contributed by atoms with Crippen LogP contribution in [-0.4, -0.2) is 71.0 Å². The highest BCUT2D eigenvalue weighted by atomic mass is 19.3. The Kier molecular flexibility index (Phi) is 16.1. The highest BCUT2D eigenvalue weighted by Crippen LogP contribution is 2.27. The van der Waals surface area contributed by atoms with Crippen molar-refractivity contribution in [3.63, 3.8) is 0 Å². The Balaban J connectivity index is 0.000000293. The maximum atomic E-state index is 13.0. The van der Waals surface area contributed by atoms with Crippen molar-refractivity contribution in [3.05, 3.63) is 70.8 Å². The van der Waals surface area contributed by atoms with Crippen LogP contribution in [-0.2, 0) is 9.53 Å². The average Bonchev–Trinajstić information content (AvgIpc) is 3.15. The van der Waals surface area contributed by atoms with Crippen LogP contribution in [0.4, 0.5) is 8.78 Å². The number of aliphatic hydroxyl groups is 2. The number of hydrogen-bond donors (Lipinski definition) is 6. The van der Waals surface area contributed by atoms with Gasteiger partial charge in [0.15, 0.2) is 5.60 Å². The predicted molar refractivity (Wildman–Crippen MR) is 185 cm³/mol. The van der Waals surface area contributed by atoms with Gasteiger partial charge in [-0.2, -0.15) is 0 Å². The lowest BCUT2D eigenvalue weighted by Crippen LogP contribution is -2.61. The SMILES string of the molecule is CC(O)(C(F)F)C(NC(=O)c1ccc(C#CC#CC2CCOCC2)cc1)C(=O)NO.NC(=O)c1ccc(C#CC#CC2CCC(CO)CC2)cc1. The zero-order chi connectivity index (χ0) is 37.2. The van der Waals surface area contributed by atoms with Crippen LogP contribution in [0.3, 0.4) is 0 Å². The molecule has 1 aliphatic heterocycles. The number of benzene rings is 2. The van der Waals surface area contributed by atoms with Gasteiger partial charge in [0, 0.05) is 53.9 Å². The van der Waals surface area contributed by atoms with E-state index in [1.54, 1.807) is 24.3 Å². The number of primary amides is 1. The number of hydrogen-bond acceptors (Lipinski definition) is 7. The summed E-state index contributed by atoms with van der Waals surface area (Å²) in [5.74, 6) is 21.8. The second kappa shape index (κ2) is 20.5. The molecule has 1 aliphatic carbocycles. The van der Waals surface area contributed by atoms with Crippen molar-refractivity contribution in [1.82, 2.24) is 10.8 Å². The molecule has 1 saturated carbocycles. The Hall–Kier alpha value is -5.21. The Bertz CT molecular complexity index is 1740. The van der Waals surface area contributed by atoms with Crippen molar-refractivity contribution in [2.24, 2.45) is 23.5 Å². The first-order valence-corrected chi connectivity index (χ1v) is 16.4. The van der Waals surface area contributed by atoms with E-state index < -0.39 is 35.8 Å². The van der Waals surface area contributed by atoms with Gasteiger partial charge < -0.3 is 26.0 Å². The van der Waals surface area contributed by atoms with E-state index in [2.05, 4.69) is 47.4 Å². The van der Waals surface area contributed by atoms with Crippen molar-refractivity contribution >= 4 is 17.7 Å². The third-order valence-corrected chi connectivity index (χ3v) is 8.41. The molecule has 2 unspecified atom stereocenters. The summed E-state index contributed by atoms with van der Waals surface area (Å²) in [6.07, 6.45) is 2.62. The first kappa shape index (κ1) is 40.2. The Morgan fingerprint density at radius 3 is 1.78 bits per heavy atom. The second-order valence-corrected chi connectivity index (χ2v) is 12.3. The van der Waals surface area contributed by atoms with E-state index in [1.807, 2.05) is 5.32 Å². The highest BCUT2D eigenvalue weighted by Gasteiger charge is 2.46. The van der Waals surface area contributed by atoms with Crippen LogP contribution in [0.25, 0.3) is 0 Å². The molecular weight excluding hydrogens is 660 g/mol. The van der Waals surface area contributed by atoms with E-state index in [-0.39, 0.29) is 11.5 Å². The minimum atomic E-state index is -3.35. The van der Waals surface area contributed by atoms with Crippen molar-refractivity contribution in [1.29, 1.82) is 0 Å². The van der Waals surface area contributed by atoms with Crippen LogP contribution in [0.2, 0.25) is 0 Å². The van der Waals surface area contributed by atoms with Crippen LogP contribution < -0.4 is 16.5 Å². The summed E-state index contributed by atoms with van der Waals surface area (Å²) in [7, 11) is 0. The van der Waals surface area contributed by atoms with Gasteiger partial charge in [-0.1, -0.05) is 23.7 Å². The fraction of sp³-hybridized carbons (Fsp3) is 0.410. The summed E-state index contributed by atoms with van der Waals surface area (Å²) in [6, 6.07) is 10.6. The fourth-order valence-electron chi connectivity index (χ4n) is 5.12. The zero-order valence-corrected chi connectivity index (χ0v) is 28.2. The first-order chi connectivity index (χ1) is 24.4. The number of amides is 3. The van der Waals surface area contributed by atoms with E-state index in [1.165, 1.54) is 24.3 Å². The van der Waals surface area contributed by atoms with Crippen molar-refractivity contribution in [2.75, 3.05) is 19.8 Å². The maximum absolute atomic E-state index is 13.0. The van der Waals surface area contributed by atoms with Crippen molar-refractivity contribution in [2.45, 2.75) is 63.5 Å². The minimum Gasteiger partial charge on any atom is -0.396 e. The zero-order valence-electron chi connectivity index (χ0n) is 28.2. The topological polar surface area (TPSA) is 171 Å². The van der Waals surface area contributed by atoms with Crippen LogP contribution >= 0.6 is 0 Å². The molecule has 2 atom stereocenters. The summed E-state index contributed by atoms with van der Waals surface area (Å²) in [6.45, 7) is 2.37. The Morgan fingerprint density at radius 1 is 0.843 bits per heavy atom. The lowest BCUT2D eigenvalue weighted by Gasteiger charge is -2.30. The van der Waals surface area contributed by atoms with Gasteiger partial charge in [-0.15, -0.1) is 0 Å². The van der Waals surface area contributed by atoms with Gasteiger partial charge in [-0.25, -0.2) is 14.3 Å². The fourth-order valence-corrected chi connectivity index (χ4v) is 5.12. The van der Waals surface area contributed by atoms with Gasteiger partial charge in [0.25, 0.3) is 18.2 Å². The number of halogens is 2. The highest BCUT2D eigenvalue weighted by molar-refractivity contribution is 5.98. The second-order valence-electron chi connectivity index (χ2n) is 12.3. The third kappa shape index (κ3) is 13.2. The molecule has 0 bridgehead atoms. The number of alkyl halides is 2. The molecule has 0 aromatic heterocycles.